The maximum Gasteiger partial charge on any atom is 0.186 e. The molecule has 4 heteroatoms. The first-order valence-corrected chi connectivity index (χ1v) is 6.42. The molecule has 0 saturated carbocycles. The Morgan fingerprint density at radius 1 is 1.37 bits per heavy atom. The lowest BCUT2D eigenvalue weighted by Gasteiger charge is -2.09. The van der Waals surface area contributed by atoms with Crippen LogP contribution in [0.3, 0.4) is 0 Å². The predicted molar refractivity (Wildman–Crippen MR) is 73.5 cm³/mol. The second-order valence-corrected chi connectivity index (χ2v) is 4.34. The minimum atomic E-state index is 0.0350. The zero-order valence-electron chi connectivity index (χ0n) is 11.3. The van der Waals surface area contributed by atoms with Crippen LogP contribution in [0.25, 0.3) is 0 Å². The number of aryl methyl sites for hydroxylation is 1. The third-order valence-corrected chi connectivity index (χ3v) is 3.00. The average molecular weight is 258 g/mol. The summed E-state index contributed by atoms with van der Waals surface area (Å²) in [7, 11) is 1.58. The number of ether oxygens (including phenoxy) is 1. The van der Waals surface area contributed by atoms with E-state index in [4.69, 9.17) is 4.74 Å². The molecule has 1 aromatic heterocycles. The average Bonchev–Trinajstić information content (AvgIpc) is 2.86. The number of aromatic nitrogens is 2. The Balaban J connectivity index is 2.18. The second kappa shape index (κ2) is 6.18. The monoisotopic (exact) mass is 258 g/mol. The molecule has 0 fully saturated rings. The standard InChI is InChI=1S/C15H18N2O2/c1-3-6-15-16-9-10-17(15)11-13(18)12-7-4-5-8-14(12)19-2/h4-5,7-10H,3,6,11H2,1-2H3. The lowest BCUT2D eigenvalue weighted by molar-refractivity contribution is 0.0968. The number of nitrogens with zero attached hydrogens (tertiary/aromatic N) is 2. The lowest BCUT2D eigenvalue weighted by Crippen LogP contribution is -2.13. The van der Waals surface area contributed by atoms with Crippen LogP contribution in [0.5, 0.6) is 5.75 Å². The lowest BCUT2D eigenvalue weighted by atomic mass is 10.1. The van der Waals surface area contributed by atoms with E-state index in [2.05, 4.69) is 11.9 Å². The highest BCUT2D eigenvalue weighted by Crippen LogP contribution is 2.18. The first-order valence-electron chi connectivity index (χ1n) is 6.42. The third kappa shape index (κ3) is 3.02. The minimum absolute atomic E-state index is 0.0350. The molecule has 0 aliphatic carbocycles. The quantitative estimate of drug-likeness (QED) is 0.748. The van der Waals surface area contributed by atoms with Crippen LogP contribution in [0.1, 0.15) is 29.5 Å². The Kier molecular flexibility index (Phi) is 4.34. The molecular formula is C15H18N2O2. The van der Waals surface area contributed by atoms with E-state index < -0.39 is 0 Å². The van der Waals surface area contributed by atoms with Gasteiger partial charge in [0.25, 0.3) is 0 Å². The van der Waals surface area contributed by atoms with E-state index in [-0.39, 0.29) is 5.78 Å². The molecule has 0 aliphatic rings. The number of hydrogen-bond acceptors (Lipinski definition) is 3. The number of methoxy groups -OCH3 is 1. The number of Topliss-reactive ketones (excluding diaryl/α,β-unsaturated/α-hetero) is 1. The first-order chi connectivity index (χ1) is 9.26. The molecule has 0 aliphatic heterocycles. The van der Waals surface area contributed by atoms with Crippen molar-refractivity contribution in [2.24, 2.45) is 0 Å². The number of rotatable bonds is 6. The molecule has 0 radical (unpaired) electrons. The van der Waals surface area contributed by atoms with E-state index in [0.717, 1.165) is 18.7 Å². The number of benzene rings is 1. The van der Waals surface area contributed by atoms with Crippen LogP contribution in [0, 0.1) is 0 Å². The van der Waals surface area contributed by atoms with Gasteiger partial charge in [0.05, 0.1) is 19.2 Å². The summed E-state index contributed by atoms with van der Waals surface area (Å²) in [6.07, 6.45) is 5.48. The highest BCUT2D eigenvalue weighted by Gasteiger charge is 2.13. The van der Waals surface area contributed by atoms with Crippen molar-refractivity contribution in [3.63, 3.8) is 0 Å². The summed E-state index contributed by atoms with van der Waals surface area (Å²) in [4.78, 5) is 16.6. The first kappa shape index (κ1) is 13.3. The summed E-state index contributed by atoms with van der Waals surface area (Å²) >= 11 is 0. The molecule has 1 aromatic carbocycles. The zero-order valence-corrected chi connectivity index (χ0v) is 11.3. The van der Waals surface area contributed by atoms with Crippen LogP contribution in [0.15, 0.2) is 36.7 Å². The molecule has 0 saturated heterocycles. The summed E-state index contributed by atoms with van der Waals surface area (Å²) in [6.45, 7) is 2.40. The molecule has 0 amide bonds. The zero-order chi connectivity index (χ0) is 13.7. The van der Waals surface area contributed by atoms with Gasteiger partial charge >= 0.3 is 0 Å². The maximum atomic E-state index is 12.3. The Morgan fingerprint density at radius 2 is 2.16 bits per heavy atom. The summed E-state index contributed by atoms with van der Waals surface area (Å²) in [5.41, 5.74) is 0.612. The molecule has 2 aromatic rings. The molecule has 0 atom stereocenters. The highest BCUT2D eigenvalue weighted by atomic mass is 16.5. The predicted octanol–water partition coefficient (Wildman–Crippen LogP) is 2.73. The number of carbonyl (C=O) groups excluding carboxylic acids is 1. The van der Waals surface area contributed by atoms with Gasteiger partial charge in [-0.25, -0.2) is 4.98 Å². The van der Waals surface area contributed by atoms with E-state index in [1.165, 1.54) is 0 Å². The molecule has 1 heterocycles. The highest BCUT2D eigenvalue weighted by molar-refractivity contribution is 5.98. The number of ketones is 1. The largest absolute Gasteiger partial charge is 0.496 e. The SMILES string of the molecule is CCCc1nccn1CC(=O)c1ccccc1OC. The summed E-state index contributed by atoms with van der Waals surface area (Å²) in [6, 6.07) is 7.29. The molecule has 19 heavy (non-hydrogen) atoms. The number of para-hydroxylation sites is 1. The van der Waals surface area contributed by atoms with Gasteiger partial charge in [-0.3, -0.25) is 4.79 Å². The van der Waals surface area contributed by atoms with Gasteiger partial charge in [-0.1, -0.05) is 19.1 Å². The fourth-order valence-electron chi connectivity index (χ4n) is 2.05. The van der Waals surface area contributed by atoms with E-state index in [1.54, 1.807) is 25.4 Å². The fraction of sp³-hybridized carbons (Fsp3) is 0.333. The topological polar surface area (TPSA) is 44.1 Å². The molecular weight excluding hydrogens is 240 g/mol. The minimum Gasteiger partial charge on any atom is -0.496 e. The van der Waals surface area contributed by atoms with Gasteiger partial charge in [0.1, 0.15) is 11.6 Å². The van der Waals surface area contributed by atoms with Gasteiger partial charge in [0, 0.05) is 18.8 Å². The summed E-state index contributed by atoms with van der Waals surface area (Å²) in [5.74, 6) is 1.60. The maximum absolute atomic E-state index is 12.3. The third-order valence-electron chi connectivity index (χ3n) is 3.00. The summed E-state index contributed by atoms with van der Waals surface area (Å²) < 4.78 is 7.12. The fourth-order valence-corrected chi connectivity index (χ4v) is 2.05. The molecule has 0 spiro atoms. The van der Waals surface area contributed by atoms with Gasteiger partial charge in [-0.2, -0.15) is 0 Å². The molecule has 0 unspecified atom stereocenters. The number of carbonyl (C=O) groups is 1. The molecule has 0 N–H and O–H groups in total. The Labute approximate surface area is 113 Å². The van der Waals surface area contributed by atoms with Crippen molar-refractivity contribution in [2.75, 3.05) is 7.11 Å². The van der Waals surface area contributed by atoms with Crippen molar-refractivity contribution in [1.29, 1.82) is 0 Å². The van der Waals surface area contributed by atoms with Gasteiger partial charge in [-0.05, 0) is 18.6 Å². The van der Waals surface area contributed by atoms with Crippen molar-refractivity contribution in [2.45, 2.75) is 26.3 Å². The van der Waals surface area contributed by atoms with Crippen LogP contribution in [-0.2, 0) is 13.0 Å². The smallest absolute Gasteiger partial charge is 0.186 e. The van der Waals surface area contributed by atoms with Crippen molar-refractivity contribution < 1.29 is 9.53 Å². The van der Waals surface area contributed by atoms with Crippen LogP contribution in [-0.4, -0.2) is 22.4 Å². The van der Waals surface area contributed by atoms with Gasteiger partial charge in [0.2, 0.25) is 0 Å². The number of hydrogen-bond donors (Lipinski definition) is 0. The van der Waals surface area contributed by atoms with Crippen molar-refractivity contribution >= 4 is 5.78 Å². The van der Waals surface area contributed by atoms with Crippen LogP contribution < -0.4 is 4.74 Å². The van der Waals surface area contributed by atoms with Gasteiger partial charge in [0.15, 0.2) is 5.78 Å². The molecule has 2 rings (SSSR count). The summed E-state index contributed by atoms with van der Waals surface area (Å²) in [5, 5.41) is 0. The molecule has 100 valence electrons. The van der Waals surface area contributed by atoms with E-state index in [0.29, 0.717) is 17.9 Å². The van der Waals surface area contributed by atoms with E-state index in [9.17, 15) is 4.79 Å². The molecule has 0 bridgehead atoms. The van der Waals surface area contributed by atoms with E-state index in [1.807, 2.05) is 22.9 Å². The molecule has 4 nitrogen and oxygen atoms in total. The normalized spacial score (nSPS) is 10.4. The van der Waals surface area contributed by atoms with Crippen molar-refractivity contribution in [3.05, 3.63) is 48.0 Å². The van der Waals surface area contributed by atoms with Crippen LogP contribution >= 0.6 is 0 Å². The van der Waals surface area contributed by atoms with Crippen LogP contribution in [0.2, 0.25) is 0 Å². The second-order valence-electron chi connectivity index (χ2n) is 4.34. The van der Waals surface area contributed by atoms with Gasteiger partial charge < -0.3 is 9.30 Å². The Hall–Kier alpha value is -2.10. The number of imidazole rings is 1. The van der Waals surface area contributed by atoms with Gasteiger partial charge in [-0.15, -0.1) is 0 Å². The Morgan fingerprint density at radius 3 is 2.89 bits per heavy atom. The van der Waals surface area contributed by atoms with E-state index >= 15 is 0 Å². The van der Waals surface area contributed by atoms with Crippen LogP contribution in [0.4, 0.5) is 0 Å². The van der Waals surface area contributed by atoms with Crippen molar-refractivity contribution in [1.82, 2.24) is 9.55 Å². The Bertz CT molecular complexity index is 561. The van der Waals surface area contributed by atoms with Crippen molar-refractivity contribution in [3.8, 4) is 5.75 Å².